The standard InChI is InChI=1S/C17H10NSe2.C6H5NO2.Ir/c1-2-9-15-14(8-1)19-16-10-5-6-12(17(16)20-15)13-7-3-4-11-18-13;8-6(9)5-3-1-2-4-7-5;/h1-5,7-11H;1-4H,(H,8,9);/q-1;;. The van der Waals surface area contributed by atoms with Crippen molar-refractivity contribution in [3.05, 3.63) is 97.0 Å². The Morgan fingerprint density at radius 3 is 2.07 bits per heavy atom. The molecule has 1 aliphatic rings. The average molecular weight is 702 g/mol. The molecular weight excluding hydrogens is 686 g/mol. The van der Waals surface area contributed by atoms with Gasteiger partial charge in [0.15, 0.2) is 0 Å². The summed E-state index contributed by atoms with van der Waals surface area (Å²) in [5.74, 6) is -0.990. The second-order valence-electron chi connectivity index (χ2n) is 5.93. The van der Waals surface area contributed by atoms with Crippen LogP contribution in [0, 0.1) is 6.07 Å². The van der Waals surface area contributed by atoms with Crippen LogP contribution in [-0.2, 0) is 20.1 Å². The summed E-state index contributed by atoms with van der Waals surface area (Å²) in [7, 11) is 0. The number of pyridine rings is 2. The van der Waals surface area contributed by atoms with Gasteiger partial charge in [-0.05, 0) is 12.1 Å². The van der Waals surface area contributed by atoms with Crippen molar-refractivity contribution in [2.24, 2.45) is 0 Å². The van der Waals surface area contributed by atoms with Gasteiger partial charge >= 0.3 is 137 Å². The number of aromatic nitrogens is 2. The van der Waals surface area contributed by atoms with Crippen LogP contribution in [0.15, 0.2) is 85.2 Å². The van der Waals surface area contributed by atoms with Crippen molar-refractivity contribution < 1.29 is 30.0 Å². The quantitative estimate of drug-likeness (QED) is 0.220. The van der Waals surface area contributed by atoms with Crippen molar-refractivity contribution in [2.45, 2.75) is 0 Å². The van der Waals surface area contributed by atoms with Crippen LogP contribution < -0.4 is 17.8 Å². The fourth-order valence-corrected chi connectivity index (χ4v) is 8.39. The first-order chi connectivity index (χ1) is 14.2. The molecule has 4 nitrogen and oxygen atoms in total. The van der Waals surface area contributed by atoms with Gasteiger partial charge in [-0.25, -0.2) is 9.78 Å². The van der Waals surface area contributed by atoms with Gasteiger partial charge in [0, 0.05) is 26.3 Å². The number of hydrogen-bond acceptors (Lipinski definition) is 3. The van der Waals surface area contributed by atoms with Crippen molar-refractivity contribution >= 4 is 53.7 Å². The molecule has 0 saturated carbocycles. The van der Waals surface area contributed by atoms with E-state index in [1.807, 2.05) is 18.3 Å². The number of nitrogens with zero attached hydrogens (tertiary/aromatic N) is 2. The number of rotatable bonds is 2. The van der Waals surface area contributed by atoms with Crippen molar-refractivity contribution in [1.82, 2.24) is 9.97 Å². The molecule has 30 heavy (non-hydrogen) atoms. The number of hydrogen-bond donors (Lipinski definition) is 1. The van der Waals surface area contributed by atoms with Gasteiger partial charge in [-0.2, -0.15) is 0 Å². The van der Waals surface area contributed by atoms with Gasteiger partial charge in [0.2, 0.25) is 0 Å². The summed E-state index contributed by atoms with van der Waals surface area (Å²) in [5, 5.41) is 8.32. The SMILES string of the molecule is O=C(O)c1ccccn1.[Ir].[c-]1ccc2c(c1-c1ccccn1)[Se]c1ccccc1[Se]2. The Bertz CT molecular complexity index is 1140. The normalized spacial score (nSPS) is 11.1. The first kappa shape index (κ1) is 22.6. The van der Waals surface area contributed by atoms with E-state index in [1.54, 1.807) is 12.1 Å². The van der Waals surface area contributed by atoms with Crippen LogP contribution in [0.1, 0.15) is 10.5 Å². The molecule has 3 heterocycles. The van der Waals surface area contributed by atoms with Crippen LogP contribution in [0.5, 0.6) is 0 Å². The van der Waals surface area contributed by atoms with Crippen molar-refractivity contribution in [3.63, 3.8) is 0 Å². The zero-order valence-corrected chi connectivity index (χ0v) is 21.3. The molecule has 0 saturated heterocycles. The van der Waals surface area contributed by atoms with Gasteiger partial charge in [0.05, 0.1) is 0 Å². The summed E-state index contributed by atoms with van der Waals surface area (Å²) in [6.45, 7) is 0. The first-order valence-corrected chi connectivity index (χ1v) is 12.2. The van der Waals surface area contributed by atoms with Gasteiger partial charge in [0.1, 0.15) is 5.69 Å². The number of aromatic carboxylic acids is 1. The summed E-state index contributed by atoms with van der Waals surface area (Å²) in [4.78, 5) is 18.2. The van der Waals surface area contributed by atoms with Gasteiger partial charge in [0.25, 0.3) is 0 Å². The van der Waals surface area contributed by atoms with Crippen molar-refractivity contribution in [3.8, 4) is 11.3 Å². The van der Waals surface area contributed by atoms with Gasteiger partial charge < -0.3 is 5.11 Å². The molecule has 0 unspecified atom stereocenters. The third kappa shape index (κ3) is 5.33. The topological polar surface area (TPSA) is 63.1 Å². The summed E-state index contributed by atoms with van der Waals surface area (Å²) < 4.78 is 6.02. The van der Waals surface area contributed by atoms with Crippen LogP contribution in [-0.4, -0.2) is 51.0 Å². The molecule has 0 amide bonds. The Morgan fingerprint density at radius 1 is 0.800 bits per heavy atom. The number of fused-ring (bicyclic) bond motifs is 2. The van der Waals surface area contributed by atoms with Crippen LogP contribution in [0.2, 0.25) is 0 Å². The number of carboxylic acids is 1. The van der Waals surface area contributed by atoms with E-state index in [0.29, 0.717) is 29.9 Å². The fraction of sp³-hybridized carbons (Fsp3) is 0. The molecular formula is C23H15IrN2O2Se2-. The second-order valence-corrected chi connectivity index (χ2v) is 10.4. The van der Waals surface area contributed by atoms with E-state index in [4.69, 9.17) is 5.11 Å². The Balaban J connectivity index is 0.000000218. The van der Waals surface area contributed by atoms with E-state index in [1.165, 1.54) is 35.7 Å². The Hall–Kier alpha value is -2.10. The number of benzene rings is 2. The van der Waals surface area contributed by atoms with E-state index in [9.17, 15) is 4.79 Å². The third-order valence-electron chi connectivity index (χ3n) is 4.00. The molecule has 151 valence electrons. The minimum atomic E-state index is -0.990. The second kappa shape index (κ2) is 10.8. The third-order valence-corrected chi connectivity index (χ3v) is 10.2. The van der Waals surface area contributed by atoms with Gasteiger partial charge in [-0.3, -0.25) is 0 Å². The Kier molecular flexibility index (Phi) is 8.12. The predicted octanol–water partition coefficient (Wildman–Crippen LogP) is 0.949. The average Bonchev–Trinajstić information content (AvgIpc) is 2.79. The van der Waals surface area contributed by atoms with E-state index >= 15 is 0 Å². The minimum absolute atomic E-state index is 0. The summed E-state index contributed by atoms with van der Waals surface area (Å²) in [5.41, 5.74) is 2.32. The zero-order chi connectivity index (χ0) is 20.1. The molecule has 5 rings (SSSR count). The van der Waals surface area contributed by atoms with Gasteiger partial charge in [-0.15, -0.1) is 0 Å². The number of carbonyl (C=O) groups is 1. The summed E-state index contributed by atoms with van der Waals surface area (Å²) in [6, 6.07) is 27.4. The van der Waals surface area contributed by atoms with Crippen molar-refractivity contribution in [1.29, 1.82) is 0 Å². The molecule has 1 aliphatic heterocycles. The van der Waals surface area contributed by atoms with Crippen LogP contribution in [0.3, 0.4) is 0 Å². The predicted molar refractivity (Wildman–Crippen MR) is 116 cm³/mol. The van der Waals surface area contributed by atoms with Crippen LogP contribution in [0.25, 0.3) is 11.3 Å². The van der Waals surface area contributed by atoms with E-state index in [0.717, 1.165) is 5.69 Å². The zero-order valence-electron chi connectivity index (χ0n) is 15.5. The van der Waals surface area contributed by atoms with Gasteiger partial charge in [-0.1, -0.05) is 6.07 Å². The molecule has 0 aliphatic carbocycles. The molecule has 0 fully saturated rings. The molecule has 4 aromatic rings. The molecule has 0 bridgehead atoms. The first-order valence-electron chi connectivity index (χ1n) is 8.77. The molecule has 0 spiro atoms. The number of carboxylic acid groups (broad SMARTS) is 1. The summed E-state index contributed by atoms with van der Waals surface area (Å²) >= 11 is 0.765. The molecule has 7 heteroatoms. The molecule has 2 aromatic heterocycles. The Labute approximate surface area is 200 Å². The maximum atomic E-state index is 10.1. The van der Waals surface area contributed by atoms with E-state index in [2.05, 4.69) is 58.5 Å². The van der Waals surface area contributed by atoms with Crippen LogP contribution in [0.4, 0.5) is 0 Å². The van der Waals surface area contributed by atoms with E-state index in [-0.39, 0.29) is 25.8 Å². The maximum absolute atomic E-state index is 10.1. The van der Waals surface area contributed by atoms with Crippen molar-refractivity contribution in [2.75, 3.05) is 0 Å². The fourth-order valence-electron chi connectivity index (χ4n) is 2.68. The van der Waals surface area contributed by atoms with E-state index < -0.39 is 5.97 Å². The monoisotopic (exact) mass is 704 g/mol. The molecule has 1 radical (unpaired) electrons. The Morgan fingerprint density at radius 2 is 1.47 bits per heavy atom. The van der Waals surface area contributed by atoms with Crippen LogP contribution >= 0.6 is 0 Å². The molecule has 0 atom stereocenters. The molecule has 1 N–H and O–H groups in total. The molecule has 2 aromatic carbocycles. The summed E-state index contributed by atoms with van der Waals surface area (Å²) in [6.07, 6.45) is 3.31.